The average molecular weight is 343 g/mol. The normalized spacial score (nSPS) is 11.5. The van der Waals surface area contributed by atoms with Gasteiger partial charge >= 0.3 is 0 Å². The van der Waals surface area contributed by atoms with Crippen LogP contribution in [0.5, 0.6) is 0 Å². The maximum Gasteiger partial charge on any atom is 0.191 e. The van der Waals surface area contributed by atoms with Crippen LogP contribution in [0.1, 0.15) is 30.9 Å². The van der Waals surface area contributed by atoms with Crippen molar-refractivity contribution in [3.8, 4) is 0 Å². The van der Waals surface area contributed by atoms with E-state index in [-0.39, 0.29) is 0 Å². The summed E-state index contributed by atoms with van der Waals surface area (Å²) in [5.74, 6) is 0.830. The zero-order chi connectivity index (χ0) is 17.7. The van der Waals surface area contributed by atoms with E-state index in [4.69, 9.17) is 4.74 Å². The van der Waals surface area contributed by atoms with Gasteiger partial charge < -0.3 is 19.9 Å². The quantitative estimate of drug-likeness (QED) is 0.395. The highest BCUT2D eigenvalue weighted by atomic mass is 16.5. The number of nitrogens with zero attached hydrogens (tertiary/aromatic N) is 3. The molecule has 136 valence electrons. The van der Waals surface area contributed by atoms with E-state index in [1.165, 1.54) is 11.1 Å². The van der Waals surface area contributed by atoms with E-state index in [0.717, 1.165) is 51.6 Å². The first-order valence-corrected chi connectivity index (χ1v) is 8.87. The third-order valence-corrected chi connectivity index (χ3v) is 3.81. The highest BCUT2D eigenvalue weighted by molar-refractivity contribution is 5.79. The van der Waals surface area contributed by atoms with Crippen LogP contribution in [0.2, 0.25) is 0 Å². The van der Waals surface area contributed by atoms with Crippen LogP contribution in [0.4, 0.5) is 0 Å². The van der Waals surface area contributed by atoms with Crippen LogP contribution in [-0.4, -0.2) is 42.3 Å². The van der Waals surface area contributed by atoms with Crippen LogP contribution >= 0.6 is 0 Å². The van der Waals surface area contributed by atoms with Crippen LogP contribution in [0, 0.1) is 0 Å². The molecule has 0 saturated carbocycles. The van der Waals surface area contributed by atoms with Crippen LogP contribution < -0.4 is 10.6 Å². The van der Waals surface area contributed by atoms with Crippen LogP contribution in [-0.2, 0) is 17.8 Å². The lowest BCUT2D eigenvalue weighted by Crippen LogP contribution is -2.37. The van der Waals surface area contributed by atoms with Gasteiger partial charge in [-0.25, -0.2) is 4.98 Å². The lowest BCUT2D eigenvalue weighted by atomic mass is 10.1. The number of ether oxygens (including phenoxy) is 1. The molecule has 1 aromatic carbocycles. The van der Waals surface area contributed by atoms with Crippen molar-refractivity contribution in [2.75, 3.05) is 26.8 Å². The van der Waals surface area contributed by atoms with Crippen molar-refractivity contribution in [1.82, 2.24) is 20.2 Å². The number of hydrogen-bond donors (Lipinski definition) is 2. The first kappa shape index (κ1) is 19.0. The Kier molecular flexibility index (Phi) is 8.55. The van der Waals surface area contributed by atoms with Crippen LogP contribution in [0.25, 0.3) is 0 Å². The van der Waals surface area contributed by atoms with Gasteiger partial charge in [-0.15, -0.1) is 0 Å². The molecule has 1 heterocycles. The third kappa shape index (κ3) is 7.39. The minimum absolute atomic E-state index is 0.746. The average Bonchev–Trinajstić information content (AvgIpc) is 3.14. The molecule has 6 nitrogen and oxygen atoms in total. The second-order valence-electron chi connectivity index (χ2n) is 5.81. The molecule has 0 atom stereocenters. The minimum Gasteiger partial charge on any atom is -0.382 e. The molecule has 0 aliphatic rings. The Bertz CT molecular complexity index is 625. The van der Waals surface area contributed by atoms with E-state index in [9.17, 15) is 0 Å². The largest absolute Gasteiger partial charge is 0.382 e. The summed E-state index contributed by atoms with van der Waals surface area (Å²) in [6.07, 6.45) is 7.75. The molecule has 0 amide bonds. The smallest absolute Gasteiger partial charge is 0.191 e. The standard InChI is InChI=1S/C19H29N5O/c1-3-25-12-5-4-9-22-19(20-2)23-14-17-7-6-8-18(13-17)15-24-11-10-21-16-24/h6-8,10-11,13,16H,3-5,9,12,14-15H2,1-2H3,(H2,20,22,23). The minimum atomic E-state index is 0.746. The Morgan fingerprint density at radius 1 is 1.24 bits per heavy atom. The molecule has 0 saturated heterocycles. The Balaban J connectivity index is 1.73. The first-order valence-electron chi connectivity index (χ1n) is 8.87. The monoisotopic (exact) mass is 343 g/mol. The van der Waals surface area contributed by atoms with Crippen molar-refractivity contribution in [3.63, 3.8) is 0 Å². The molecule has 0 aliphatic carbocycles. The fourth-order valence-electron chi connectivity index (χ4n) is 2.52. The van der Waals surface area contributed by atoms with Crippen molar-refractivity contribution >= 4 is 5.96 Å². The van der Waals surface area contributed by atoms with Crippen molar-refractivity contribution in [1.29, 1.82) is 0 Å². The summed E-state index contributed by atoms with van der Waals surface area (Å²) in [6.45, 7) is 6.11. The summed E-state index contributed by atoms with van der Waals surface area (Å²) in [4.78, 5) is 8.35. The van der Waals surface area contributed by atoms with Crippen LogP contribution in [0.3, 0.4) is 0 Å². The van der Waals surface area contributed by atoms with Crippen molar-refractivity contribution in [2.45, 2.75) is 32.9 Å². The zero-order valence-corrected chi connectivity index (χ0v) is 15.2. The lowest BCUT2D eigenvalue weighted by Gasteiger charge is -2.12. The summed E-state index contributed by atoms with van der Waals surface area (Å²) < 4.78 is 7.41. The molecule has 2 aromatic rings. The number of nitrogens with one attached hydrogen (secondary N) is 2. The van der Waals surface area contributed by atoms with E-state index in [0.29, 0.717) is 0 Å². The molecule has 1 aromatic heterocycles. The second kappa shape index (κ2) is 11.3. The molecule has 0 unspecified atom stereocenters. The highest BCUT2D eigenvalue weighted by Crippen LogP contribution is 2.07. The van der Waals surface area contributed by atoms with Gasteiger partial charge in [0, 0.05) is 52.3 Å². The summed E-state index contributed by atoms with van der Waals surface area (Å²) >= 11 is 0. The third-order valence-electron chi connectivity index (χ3n) is 3.81. The van der Waals surface area contributed by atoms with E-state index >= 15 is 0 Å². The molecular weight excluding hydrogens is 314 g/mol. The summed E-state index contributed by atoms with van der Waals surface area (Å²) in [7, 11) is 1.80. The Morgan fingerprint density at radius 3 is 2.88 bits per heavy atom. The molecule has 0 aliphatic heterocycles. The fourth-order valence-corrected chi connectivity index (χ4v) is 2.52. The molecule has 0 radical (unpaired) electrons. The van der Waals surface area contributed by atoms with Gasteiger partial charge in [-0.05, 0) is 30.9 Å². The molecule has 2 N–H and O–H groups in total. The maximum atomic E-state index is 5.34. The molecule has 0 spiro atoms. The van der Waals surface area contributed by atoms with Gasteiger partial charge in [0.05, 0.1) is 6.33 Å². The second-order valence-corrected chi connectivity index (χ2v) is 5.81. The van der Waals surface area contributed by atoms with Crippen molar-refractivity contribution in [3.05, 3.63) is 54.1 Å². The van der Waals surface area contributed by atoms with Gasteiger partial charge in [0.15, 0.2) is 5.96 Å². The number of aromatic nitrogens is 2. The predicted molar refractivity (Wildman–Crippen MR) is 102 cm³/mol. The fraction of sp³-hybridized carbons (Fsp3) is 0.474. The van der Waals surface area contributed by atoms with Gasteiger partial charge in [-0.2, -0.15) is 0 Å². The summed E-state index contributed by atoms with van der Waals surface area (Å²) in [6, 6.07) is 8.56. The Morgan fingerprint density at radius 2 is 2.12 bits per heavy atom. The number of benzene rings is 1. The van der Waals surface area contributed by atoms with E-state index in [1.807, 2.05) is 19.4 Å². The molecule has 6 heteroatoms. The van der Waals surface area contributed by atoms with Crippen molar-refractivity contribution in [2.24, 2.45) is 4.99 Å². The number of aliphatic imine (C=N–C) groups is 1. The lowest BCUT2D eigenvalue weighted by molar-refractivity contribution is 0.143. The van der Waals surface area contributed by atoms with E-state index in [2.05, 4.69) is 49.4 Å². The zero-order valence-electron chi connectivity index (χ0n) is 15.2. The number of hydrogen-bond acceptors (Lipinski definition) is 3. The van der Waals surface area contributed by atoms with Gasteiger partial charge in [-0.3, -0.25) is 4.99 Å². The van der Waals surface area contributed by atoms with E-state index < -0.39 is 0 Å². The maximum absolute atomic E-state index is 5.34. The van der Waals surface area contributed by atoms with Gasteiger partial charge in [0.1, 0.15) is 0 Å². The Labute approximate surface area is 150 Å². The first-order chi connectivity index (χ1) is 12.3. The topological polar surface area (TPSA) is 63.5 Å². The van der Waals surface area contributed by atoms with Gasteiger partial charge in [-0.1, -0.05) is 24.3 Å². The molecule has 2 rings (SSSR count). The number of rotatable bonds is 10. The molecular formula is C19H29N5O. The number of guanidine groups is 1. The van der Waals surface area contributed by atoms with Crippen molar-refractivity contribution < 1.29 is 4.74 Å². The molecule has 25 heavy (non-hydrogen) atoms. The molecule has 0 bridgehead atoms. The Hall–Kier alpha value is -2.34. The number of unbranched alkanes of at least 4 members (excludes halogenated alkanes) is 1. The van der Waals surface area contributed by atoms with E-state index in [1.54, 1.807) is 13.2 Å². The van der Waals surface area contributed by atoms with Gasteiger partial charge in [0.25, 0.3) is 0 Å². The van der Waals surface area contributed by atoms with Gasteiger partial charge in [0.2, 0.25) is 0 Å². The highest BCUT2D eigenvalue weighted by Gasteiger charge is 2.00. The van der Waals surface area contributed by atoms with Crippen LogP contribution in [0.15, 0.2) is 48.0 Å². The predicted octanol–water partition coefficient (Wildman–Crippen LogP) is 2.41. The molecule has 0 fully saturated rings. The summed E-state index contributed by atoms with van der Waals surface area (Å²) in [5, 5.41) is 6.70. The summed E-state index contributed by atoms with van der Waals surface area (Å²) in [5.41, 5.74) is 2.49. The SMILES string of the molecule is CCOCCCCNC(=NC)NCc1cccc(Cn2ccnc2)c1. The number of imidazole rings is 1.